The lowest BCUT2D eigenvalue weighted by molar-refractivity contribution is -0.122. The highest BCUT2D eigenvalue weighted by atomic mass is 32.2. The zero-order valence-electron chi connectivity index (χ0n) is 7.71. The number of rotatable bonds is 4. The van der Waals surface area contributed by atoms with Crippen LogP contribution < -0.4 is 16.4 Å². The first-order valence-electron chi connectivity index (χ1n) is 4.63. The van der Waals surface area contributed by atoms with Crippen molar-refractivity contribution in [1.82, 2.24) is 10.6 Å². The summed E-state index contributed by atoms with van der Waals surface area (Å²) >= 11 is 1.82. The third-order valence-corrected chi connectivity index (χ3v) is 2.98. The Morgan fingerprint density at radius 2 is 2.54 bits per heavy atom. The Balaban J connectivity index is 2.13. The molecule has 5 heteroatoms. The summed E-state index contributed by atoms with van der Waals surface area (Å²) in [6.07, 6.45) is 0.853. The minimum Gasteiger partial charge on any atom is -0.355 e. The Bertz CT molecular complexity index is 159. The summed E-state index contributed by atoms with van der Waals surface area (Å²) in [5.74, 6) is 2.10. The van der Waals surface area contributed by atoms with Crippen LogP contribution in [0.2, 0.25) is 0 Å². The third-order valence-electron chi connectivity index (χ3n) is 1.92. The molecule has 0 bridgehead atoms. The molecule has 4 N–H and O–H groups in total. The van der Waals surface area contributed by atoms with Crippen molar-refractivity contribution in [3.05, 3.63) is 0 Å². The maximum atomic E-state index is 11.4. The molecule has 1 aliphatic heterocycles. The first-order valence-corrected chi connectivity index (χ1v) is 5.79. The van der Waals surface area contributed by atoms with Gasteiger partial charge >= 0.3 is 0 Å². The van der Waals surface area contributed by atoms with Crippen LogP contribution in [0.15, 0.2) is 0 Å². The molecule has 1 amide bonds. The number of nitrogens with one attached hydrogen (secondary N) is 2. The van der Waals surface area contributed by atoms with Gasteiger partial charge in [-0.3, -0.25) is 4.79 Å². The average Bonchev–Trinajstić information content (AvgIpc) is 2.19. The van der Waals surface area contributed by atoms with Crippen molar-refractivity contribution in [2.24, 2.45) is 5.73 Å². The van der Waals surface area contributed by atoms with E-state index >= 15 is 0 Å². The molecular formula is C8H17N3OS. The number of amides is 1. The van der Waals surface area contributed by atoms with E-state index in [1.165, 1.54) is 0 Å². The molecule has 0 aromatic carbocycles. The second-order valence-electron chi connectivity index (χ2n) is 3.01. The van der Waals surface area contributed by atoms with Gasteiger partial charge in [-0.2, -0.15) is 11.8 Å². The van der Waals surface area contributed by atoms with E-state index in [0.717, 1.165) is 24.5 Å². The van der Waals surface area contributed by atoms with Gasteiger partial charge in [-0.1, -0.05) is 0 Å². The van der Waals surface area contributed by atoms with Crippen molar-refractivity contribution in [1.29, 1.82) is 0 Å². The quantitative estimate of drug-likeness (QED) is 0.521. The van der Waals surface area contributed by atoms with Gasteiger partial charge in [0, 0.05) is 24.6 Å². The largest absolute Gasteiger partial charge is 0.355 e. The lowest BCUT2D eigenvalue weighted by Crippen LogP contribution is -2.49. The highest BCUT2D eigenvalue weighted by molar-refractivity contribution is 7.99. The van der Waals surface area contributed by atoms with Crippen molar-refractivity contribution in [3.8, 4) is 0 Å². The minimum absolute atomic E-state index is 0.00322. The lowest BCUT2D eigenvalue weighted by Gasteiger charge is -2.22. The van der Waals surface area contributed by atoms with Gasteiger partial charge in [0.25, 0.3) is 0 Å². The molecule has 0 aromatic heterocycles. The number of carbonyl (C=O) groups is 1. The summed E-state index contributed by atoms with van der Waals surface area (Å²) in [5, 5.41) is 6.04. The molecule has 1 fully saturated rings. The van der Waals surface area contributed by atoms with E-state index in [4.69, 9.17) is 5.73 Å². The maximum Gasteiger partial charge on any atom is 0.237 e. The van der Waals surface area contributed by atoms with Crippen LogP contribution in [0.5, 0.6) is 0 Å². The van der Waals surface area contributed by atoms with Gasteiger partial charge in [0.1, 0.15) is 0 Å². The predicted octanol–water partition coefficient (Wildman–Crippen LogP) is -0.844. The molecule has 4 nitrogen and oxygen atoms in total. The van der Waals surface area contributed by atoms with Gasteiger partial charge < -0.3 is 16.4 Å². The van der Waals surface area contributed by atoms with Gasteiger partial charge in [0.15, 0.2) is 0 Å². The standard InChI is InChI=1S/C8H17N3OS/c9-2-1-3-11-8(12)7-6-13-5-4-10-7/h7,10H,1-6,9H2,(H,11,12). The summed E-state index contributed by atoms with van der Waals surface area (Å²) in [5.41, 5.74) is 5.32. The number of hydrogen-bond donors (Lipinski definition) is 3. The van der Waals surface area contributed by atoms with Gasteiger partial charge in [0.2, 0.25) is 5.91 Å². The number of thioether (sulfide) groups is 1. The molecule has 1 rings (SSSR count). The van der Waals surface area contributed by atoms with Crippen LogP contribution in [0.4, 0.5) is 0 Å². The molecule has 1 saturated heterocycles. The monoisotopic (exact) mass is 203 g/mol. The lowest BCUT2D eigenvalue weighted by atomic mass is 10.3. The van der Waals surface area contributed by atoms with E-state index < -0.39 is 0 Å². The maximum absolute atomic E-state index is 11.4. The second kappa shape index (κ2) is 6.23. The molecule has 1 aliphatic rings. The van der Waals surface area contributed by atoms with E-state index in [9.17, 15) is 4.79 Å². The van der Waals surface area contributed by atoms with E-state index in [2.05, 4.69) is 10.6 Å². The molecule has 76 valence electrons. The zero-order valence-corrected chi connectivity index (χ0v) is 8.53. The first kappa shape index (κ1) is 10.8. The molecular weight excluding hydrogens is 186 g/mol. The van der Waals surface area contributed by atoms with E-state index in [-0.39, 0.29) is 11.9 Å². The average molecular weight is 203 g/mol. The Kier molecular flexibility index (Phi) is 5.19. The summed E-state index contributed by atoms with van der Waals surface area (Å²) < 4.78 is 0. The Morgan fingerprint density at radius 1 is 1.69 bits per heavy atom. The summed E-state index contributed by atoms with van der Waals surface area (Å²) in [6, 6.07) is -0.00322. The molecule has 0 saturated carbocycles. The van der Waals surface area contributed by atoms with E-state index in [0.29, 0.717) is 13.1 Å². The van der Waals surface area contributed by atoms with Crippen LogP contribution in [-0.2, 0) is 4.79 Å². The van der Waals surface area contributed by atoms with Gasteiger partial charge in [-0.15, -0.1) is 0 Å². The van der Waals surface area contributed by atoms with Crippen LogP contribution in [0.1, 0.15) is 6.42 Å². The fraction of sp³-hybridized carbons (Fsp3) is 0.875. The molecule has 1 heterocycles. The minimum atomic E-state index is -0.00322. The second-order valence-corrected chi connectivity index (χ2v) is 4.16. The zero-order chi connectivity index (χ0) is 9.52. The normalized spacial score (nSPS) is 22.7. The fourth-order valence-corrected chi connectivity index (χ4v) is 2.10. The molecule has 0 spiro atoms. The summed E-state index contributed by atoms with van der Waals surface area (Å²) in [6.45, 7) is 2.25. The molecule has 1 unspecified atom stereocenters. The van der Waals surface area contributed by atoms with Crippen LogP contribution in [0, 0.1) is 0 Å². The number of carbonyl (C=O) groups excluding carboxylic acids is 1. The van der Waals surface area contributed by atoms with E-state index in [1.54, 1.807) is 0 Å². The predicted molar refractivity (Wildman–Crippen MR) is 55.8 cm³/mol. The van der Waals surface area contributed by atoms with E-state index in [1.807, 2.05) is 11.8 Å². The summed E-state index contributed by atoms with van der Waals surface area (Å²) in [7, 11) is 0. The van der Waals surface area contributed by atoms with Crippen molar-refractivity contribution in [3.63, 3.8) is 0 Å². The number of hydrogen-bond acceptors (Lipinski definition) is 4. The molecule has 0 radical (unpaired) electrons. The topological polar surface area (TPSA) is 67.1 Å². The van der Waals surface area contributed by atoms with Crippen LogP contribution in [0.25, 0.3) is 0 Å². The third kappa shape index (κ3) is 3.97. The molecule has 0 aromatic rings. The van der Waals surface area contributed by atoms with Crippen molar-refractivity contribution in [2.75, 3.05) is 31.1 Å². The van der Waals surface area contributed by atoms with Crippen molar-refractivity contribution in [2.45, 2.75) is 12.5 Å². The highest BCUT2D eigenvalue weighted by Crippen LogP contribution is 2.07. The Hall–Kier alpha value is -0.260. The molecule has 13 heavy (non-hydrogen) atoms. The summed E-state index contributed by atoms with van der Waals surface area (Å²) in [4.78, 5) is 11.4. The first-order chi connectivity index (χ1) is 6.34. The molecule has 1 atom stereocenters. The van der Waals surface area contributed by atoms with Crippen molar-refractivity contribution >= 4 is 17.7 Å². The highest BCUT2D eigenvalue weighted by Gasteiger charge is 2.19. The van der Waals surface area contributed by atoms with Crippen LogP contribution >= 0.6 is 11.8 Å². The molecule has 0 aliphatic carbocycles. The van der Waals surface area contributed by atoms with Gasteiger partial charge in [-0.05, 0) is 13.0 Å². The van der Waals surface area contributed by atoms with Crippen LogP contribution in [-0.4, -0.2) is 43.1 Å². The van der Waals surface area contributed by atoms with Crippen LogP contribution in [0.3, 0.4) is 0 Å². The Labute approximate surface area is 83.0 Å². The number of nitrogens with two attached hydrogens (primary N) is 1. The van der Waals surface area contributed by atoms with Gasteiger partial charge in [-0.25, -0.2) is 0 Å². The van der Waals surface area contributed by atoms with Crippen molar-refractivity contribution < 1.29 is 4.79 Å². The fourth-order valence-electron chi connectivity index (χ4n) is 1.17. The Morgan fingerprint density at radius 3 is 3.15 bits per heavy atom. The smallest absolute Gasteiger partial charge is 0.237 e. The SMILES string of the molecule is NCCCNC(=O)C1CSCCN1. The van der Waals surface area contributed by atoms with Gasteiger partial charge in [0.05, 0.1) is 6.04 Å².